The summed E-state index contributed by atoms with van der Waals surface area (Å²) < 4.78 is 5.24. The van der Waals surface area contributed by atoms with Crippen LogP contribution in [0.1, 0.15) is 18.2 Å². The zero-order valence-corrected chi connectivity index (χ0v) is 11.1. The van der Waals surface area contributed by atoms with Gasteiger partial charge >= 0.3 is 5.97 Å². The summed E-state index contributed by atoms with van der Waals surface area (Å²) in [5, 5.41) is 8.73. The smallest absolute Gasteiger partial charge is 0.307 e. The summed E-state index contributed by atoms with van der Waals surface area (Å²) in [4.78, 5) is 23.9. The second kappa shape index (κ2) is 6.06. The summed E-state index contributed by atoms with van der Waals surface area (Å²) in [6, 6.07) is 10.5. The Morgan fingerprint density at radius 1 is 1.20 bits per heavy atom. The Morgan fingerprint density at radius 3 is 2.40 bits per heavy atom. The van der Waals surface area contributed by atoms with Gasteiger partial charge in [0.2, 0.25) is 5.91 Å². The minimum absolute atomic E-state index is 0.0292. The van der Waals surface area contributed by atoms with Gasteiger partial charge in [0.05, 0.1) is 19.2 Å². The van der Waals surface area contributed by atoms with Crippen LogP contribution in [0.5, 0.6) is 0 Å². The van der Waals surface area contributed by atoms with E-state index in [0.29, 0.717) is 23.6 Å². The van der Waals surface area contributed by atoms with E-state index in [1.807, 2.05) is 0 Å². The van der Waals surface area contributed by atoms with E-state index in [1.165, 1.54) is 6.92 Å². The molecule has 1 amide bonds. The molecule has 0 saturated carbocycles. The second-order valence-electron chi connectivity index (χ2n) is 4.42. The van der Waals surface area contributed by atoms with Crippen molar-refractivity contribution >= 4 is 17.6 Å². The molecule has 0 radical (unpaired) electrons. The van der Waals surface area contributed by atoms with Gasteiger partial charge in [-0.2, -0.15) is 0 Å². The van der Waals surface area contributed by atoms with Gasteiger partial charge < -0.3 is 14.4 Å². The summed E-state index contributed by atoms with van der Waals surface area (Å²) in [6.07, 6.45) is 1.53. The van der Waals surface area contributed by atoms with Crippen molar-refractivity contribution in [1.29, 1.82) is 0 Å². The van der Waals surface area contributed by atoms with Gasteiger partial charge in [0.1, 0.15) is 5.76 Å². The number of carboxylic acids is 1. The molecule has 1 N–H and O–H groups in total. The zero-order valence-electron chi connectivity index (χ0n) is 11.1. The first kappa shape index (κ1) is 13.9. The van der Waals surface area contributed by atoms with E-state index in [-0.39, 0.29) is 12.3 Å². The minimum Gasteiger partial charge on any atom is -0.481 e. The molecule has 0 aliphatic rings. The third-order valence-electron chi connectivity index (χ3n) is 2.88. The highest BCUT2D eigenvalue weighted by molar-refractivity contribution is 5.91. The third kappa shape index (κ3) is 3.47. The lowest BCUT2D eigenvalue weighted by molar-refractivity contribution is -0.136. The highest BCUT2D eigenvalue weighted by Gasteiger charge is 2.13. The number of carboxylic acid groups (broad SMARTS) is 1. The Bertz CT molecular complexity index is 587. The number of anilines is 1. The van der Waals surface area contributed by atoms with Gasteiger partial charge in [0.25, 0.3) is 0 Å². The maximum atomic E-state index is 11.7. The van der Waals surface area contributed by atoms with Gasteiger partial charge in [-0.05, 0) is 29.8 Å². The molecule has 0 bridgehead atoms. The second-order valence-corrected chi connectivity index (χ2v) is 4.42. The normalized spacial score (nSPS) is 10.2. The average molecular weight is 273 g/mol. The van der Waals surface area contributed by atoms with Gasteiger partial charge in [0.15, 0.2) is 0 Å². The van der Waals surface area contributed by atoms with Crippen molar-refractivity contribution < 1.29 is 19.1 Å². The topological polar surface area (TPSA) is 70.8 Å². The van der Waals surface area contributed by atoms with Gasteiger partial charge in [-0.1, -0.05) is 12.1 Å². The highest BCUT2D eigenvalue weighted by atomic mass is 16.4. The number of benzene rings is 1. The fourth-order valence-electron chi connectivity index (χ4n) is 1.91. The molecule has 1 aromatic carbocycles. The monoisotopic (exact) mass is 273 g/mol. The van der Waals surface area contributed by atoms with Crippen molar-refractivity contribution in [2.24, 2.45) is 0 Å². The Labute approximate surface area is 116 Å². The van der Waals surface area contributed by atoms with Crippen LogP contribution < -0.4 is 4.90 Å². The van der Waals surface area contributed by atoms with Gasteiger partial charge in [-0.25, -0.2) is 0 Å². The standard InChI is InChI=1S/C15H15NO4/c1-11(17)16(10-14-3-2-8-20-14)13-6-4-12(5-7-13)9-15(18)19/h2-8H,9-10H2,1H3,(H,18,19). The lowest BCUT2D eigenvalue weighted by Gasteiger charge is -2.20. The Hall–Kier alpha value is -2.56. The van der Waals surface area contributed by atoms with Crippen LogP contribution in [-0.4, -0.2) is 17.0 Å². The van der Waals surface area contributed by atoms with E-state index in [9.17, 15) is 9.59 Å². The molecule has 0 unspecified atom stereocenters. The Morgan fingerprint density at radius 2 is 1.90 bits per heavy atom. The van der Waals surface area contributed by atoms with E-state index in [2.05, 4.69) is 0 Å². The average Bonchev–Trinajstić information content (AvgIpc) is 2.89. The maximum Gasteiger partial charge on any atom is 0.307 e. The molecule has 0 spiro atoms. The minimum atomic E-state index is -0.878. The Balaban J connectivity index is 2.17. The van der Waals surface area contributed by atoms with Crippen LogP contribution in [0.4, 0.5) is 5.69 Å². The molecule has 0 aliphatic carbocycles. The van der Waals surface area contributed by atoms with E-state index in [4.69, 9.17) is 9.52 Å². The molecule has 0 aliphatic heterocycles. The van der Waals surface area contributed by atoms with Crippen LogP contribution in [0.2, 0.25) is 0 Å². The molecule has 104 valence electrons. The van der Waals surface area contributed by atoms with E-state index < -0.39 is 5.97 Å². The van der Waals surface area contributed by atoms with Crippen LogP contribution in [-0.2, 0) is 22.6 Å². The first-order valence-electron chi connectivity index (χ1n) is 6.17. The first-order chi connectivity index (χ1) is 9.56. The van der Waals surface area contributed by atoms with Crippen molar-refractivity contribution in [3.8, 4) is 0 Å². The number of carbonyl (C=O) groups is 2. The van der Waals surface area contributed by atoms with Gasteiger partial charge in [-0.15, -0.1) is 0 Å². The number of nitrogens with zero attached hydrogens (tertiary/aromatic N) is 1. The van der Waals surface area contributed by atoms with E-state index >= 15 is 0 Å². The number of aliphatic carboxylic acids is 1. The van der Waals surface area contributed by atoms with Crippen molar-refractivity contribution in [1.82, 2.24) is 0 Å². The van der Waals surface area contributed by atoms with Gasteiger partial charge in [-0.3, -0.25) is 9.59 Å². The predicted octanol–water partition coefficient (Wildman–Crippen LogP) is 2.46. The first-order valence-corrected chi connectivity index (χ1v) is 6.17. The molecule has 20 heavy (non-hydrogen) atoms. The molecule has 0 saturated heterocycles. The van der Waals surface area contributed by atoms with Crippen LogP contribution >= 0.6 is 0 Å². The van der Waals surface area contributed by atoms with Crippen molar-refractivity contribution in [3.63, 3.8) is 0 Å². The van der Waals surface area contributed by atoms with Crippen molar-refractivity contribution in [2.45, 2.75) is 19.9 Å². The molecule has 1 heterocycles. The number of amides is 1. The summed E-state index contributed by atoms with van der Waals surface area (Å²) in [6.45, 7) is 1.83. The molecule has 0 fully saturated rings. The molecular weight excluding hydrogens is 258 g/mol. The molecule has 1 aromatic heterocycles. The SMILES string of the molecule is CC(=O)N(Cc1ccco1)c1ccc(CC(=O)O)cc1. The molecule has 2 aromatic rings. The van der Waals surface area contributed by atoms with Crippen LogP contribution in [0.3, 0.4) is 0 Å². The van der Waals surface area contributed by atoms with Crippen LogP contribution in [0.15, 0.2) is 47.1 Å². The maximum absolute atomic E-state index is 11.7. The fourth-order valence-corrected chi connectivity index (χ4v) is 1.91. The lowest BCUT2D eigenvalue weighted by Crippen LogP contribution is -2.27. The number of hydrogen-bond acceptors (Lipinski definition) is 3. The number of rotatable bonds is 5. The third-order valence-corrected chi connectivity index (χ3v) is 2.88. The van der Waals surface area contributed by atoms with Gasteiger partial charge in [0, 0.05) is 12.6 Å². The van der Waals surface area contributed by atoms with E-state index in [1.54, 1.807) is 47.6 Å². The Kier molecular flexibility index (Phi) is 4.20. The largest absolute Gasteiger partial charge is 0.481 e. The summed E-state index contributed by atoms with van der Waals surface area (Å²) in [7, 11) is 0. The number of carbonyl (C=O) groups excluding carboxylic acids is 1. The lowest BCUT2D eigenvalue weighted by atomic mass is 10.1. The van der Waals surface area contributed by atoms with Crippen molar-refractivity contribution in [2.75, 3.05) is 4.90 Å². The fraction of sp³-hybridized carbons (Fsp3) is 0.200. The summed E-state index contributed by atoms with van der Waals surface area (Å²) >= 11 is 0. The molecule has 5 nitrogen and oxygen atoms in total. The molecule has 2 rings (SSSR count). The summed E-state index contributed by atoms with van der Waals surface area (Å²) in [5.74, 6) is -0.293. The quantitative estimate of drug-likeness (QED) is 0.908. The number of furan rings is 1. The van der Waals surface area contributed by atoms with E-state index in [0.717, 1.165) is 0 Å². The number of hydrogen-bond donors (Lipinski definition) is 1. The van der Waals surface area contributed by atoms with Crippen LogP contribution in [0, 0.1) is 0 Å². The molecule has 5 heteroatoms. The molecule has 0 atom stereocenters. The zero-order chi connectivity index (χ0) is 14.5. The summed E-state index contributed by atoms with van der Waals surface area (Å²) in [5.41, 5.74) is 1.41. The van der Waals surface area contributed by atoms with Crippen molar-refractivity contribution in [3.05, 3.63) is 54.0 Å². The molecular formula is C15H15NO4. The highest BCUT2D eigenvalue weighted by Crippen LogP contribution is 2.19. The predicted molar refractivity (Wildman–Crippen MR) is 73.4 cm³/mol. The van der Waals surface area contributed by atoms with Crippen LogP contribution in [0.25, 0.3) is 0 Å².